The Morgan fingerprint density at radius 3 is 2.14 bits per heavy atom. The van der Waals surface area contributed by atoms with Crippen molar-refractivity contribution in [1.82, 2.24) is 0 Å². The van der Waals surface area contributed by atoms with E-state index in [0.29, 0.717) is 5.56 Å². The highest BCUT2D eigenvalue weighted by Gasteiger charge is 2.10. The van der Waals surface area contributed by atoms with Gasteiger partial charge in [0.15, 0.2) is 0 Å². The zero-order chi connectivity index (χ0) is 16.2. The Hall–Kier alpha value is -1.51. The summed E-state index contributed by atoms with van der Waals surface area (Å²) in [6.45, 7) is 2.24. The van der Waals surface area contributed by atoms with E-state index in [0.717, 1.165) is 24.2 Å². The highest BCUT2D eigenvalue weighted by atomic mass is 16.5. The summed E-state index contributed by atoms with van der Waals surface area (Å²) in [4.78, 5) is 11.2. The molecule has 0 heterocycles. The quantitative estimate of drug-likeness (QED) is 0.521. The van der Waals surface area contributed by atoms with Crippen molar-refractivity contribution in [2.75, 3.05) is 7.11 Å². The van der Waals surface area contributed by atoms with Crippen molar-refractivity contribution in [2.24, 2.45) is 0 Å². The second kappa shape index (κ2) is 11.1. The molecular weight excluding hydrogens is 276 g/mol. The summed E-state index contributed by atoms with van der Waals surface area (Å²) in [5.41, 5.74) is 1.29. The third-order valence-electron chi connectivity index (χ3n) is 4.09. The second-order valence-corrected chi connectivity index (χ2v) is 5.91. The maximum absolute atomic E-state index is 11.2. The summed E-state index contributed by atoms with van der Waals surface area (Å²) in [7, 11) is 1.61. The molecule has 0 fully saturated rings. The van der Waals surface area contributed by atoms with Crippen molar-refractivity contribution in [3.8, 4) is 5.75 Å². The molecule has 124 valence electrons. The number of ether oxygens (including phenoxy) is 1. The van der Waals surface area contributed by atoms with Crippen LogP contribution < -0.4 is 4.74 Å². The van der Waals surface area contributed by atoms with Crippen LogP contribution in [0.25, 0.3) is 0 Å². The molecule has 0 unspecified atom stereocenters. The average molecular weight is 306 g/mol. The fourth-order valence-electron chi connectivity index (χ4n) is 2.74. The molecule has 0 amide bonds. The summed E-state index contributed by atoms with van der Waals surface area (Å²) in [5.74, 6) is -0.121. The second-order valence-electron chi connectivity index (χ2n) is 5.91. The highest BCUT2D eigenvalue weighted by molar-refractivity contribution is 5.89. The Bertz CT molecular complexity index is 440. The first-order valence-electron chi connectivity index (χ1n) is 8.59. The first-order valence-corrected chi connectivity index (χ1v) is 8.59. The number of methoxy groups -OCH3 is 1. The van der Waals surface area contributed by atoms with Crippen molar-refractivity contribution in [3.05, 3.63) is 29.3 Å². The molecule has 0 aromatic heterocycles. The number of benzene rings is 1. The fourth-order valence-corrected chi connectivity index (χ4v) is 2.74. The van der Waals surface area contributed by atoms with E-state index in [9.17, 15) is 9.90 Å². The molecule has 0 atom stereocenters. The van der Waals surface area contributed by atoms with Crippen molar-refractivity contribution in [2.45, 2.75) is 71.1 Å². The Labute approximate surface area is 134 Å². The van der Waals surface area contributed by atoms with E-state index in [1.165, 1.54) is 51.4 Å². The predicted molar refractivity (Wildman–Crippen MR) is 90.9 cm³/mol. The molecule has 0 aliphatic heterocycles. The minimum Gasteiger partial charge on any atom is -0.497 e. The molecule has 0 saturated carbocycles. The maximum Gasteiger partial charge on any atom is 0.335 e. The number of aryl methyl sites for hydroxylation is 1. The zero-order valence-electron chi connectivity index (χ0n) is 14.1. The van der Waals surface area contributed by atoms with E-state index >= 15 is 0 Å². The molecule has 3 heteroatoms. The number of unbranched alkanes of at least 4 members (excludes halogenated alkanes) is 8. The molecule has 0 aliphatic carbocycles. The van der Waals surface area contributed by atoms with E-state index in [4.69, 9.17) is 4.74 Å². The molecular formula is C19H30O3. The number of carboxylic acid groups (broad SMARTS) is 1. The lowest BCUT2D eigenvalue weighted by atomic mass is 10.00. The molecule has 0 spiro atoms. The predicted octanol–water partition coefficient (Wildman–Crippen LogP) is 5.47. The van der Waals surface area contributed by atoms with Gasteiger partial charge in [-0.05, 0) is 36.6 Å². The highest BCUT2D eigenvalue weighted by Crippen LogP contribution is 2.20. The smallest absolute Gasteiger partial charge is 0.335 e. The van der Waals surface area contributed by atoms with Crippen LogP contribution in [0.3, 0.4) is 0 Å². The van der Waals surface area contributed by atoms with Crippen LogP contribution >= 0.6 is 0 Å². The van der Waals surface area contributed by atoms with Crippen LogP contribution in [0, 0.1) is 0 Å². The number of aromatic carboxylic acids is 1. The van der Waals surface area contributed by atoms with Gasteiger partial charge in [-0.25, -0.2) is 4.79 Å². The molecule has 1 aromatic carbocycles. The van der Waals surface area contributed by atoms with Crippen LogP contribution in [-0.2, 0) is 6.42 Å². The molecule has 22 heavy (non-hydrogen) atoms. The van der Waals surface area contributed by atoms with Crippen LogP contribution in [-0.4, -0.2) is 18.2 Å². The van der Waals surface area contributed by atoms with Crippen molar-refractivity contribution < 1.29 is 14.6 Å². The summed E-state index contributed by atoms with van der Waals surface area (Å²) in [6.07, 6.45) is 12.3. The Morgan fingerprint density at radius 1 is 1.00 bits per heavy atom. The summed E-state index contributed by atoms with van der Waals surface area (Å²) in [5, 5.41) is 9.23. The Balaban J connectivity index is 2.28. The lowest BCUT2D eigenvalue weighted by Crippen LogP contribution is -2.03. The van der Waals surface area contributed by atoms with Crippen LogP contribution in [0.15, 0.2) is 18.2 Å². The van der Waals surface area contributed by atoms with Gasteiger partial charge in [0.25, 0.3) is 0 Å². The molecule has 1 N–H and O–H groups in total. The lowest BCUT2D eigenvalue weighted by Gasteiger charge is -2.08. The number of carboxylic acids is 1. The molecule has 0 aliphatic rings. The lowest BCUT2D eigenvalue weighted by molar-refractivity contribution is 0.0695. The van der Waals surface area contributed by atoms with Crippen LogP contribution in [0.5, 0.6) is 5.75 Å². The van der Waals surface area contributed by atoms with E-state index in [1.807, 2.05) is 6.07 Å². The molecule has 3 nitrogen and oxygen atoms in total. The van der Waals surface area contributed by atoms with Gasteiger partial charge in [0.05, 0.1) is 12.7 Å². The Kier molecular flexibility index (Phi) is 9.36. The zero-order valence-corrected chi connectivity index (χ0v) is 14.1. The minimum absolute atomic E-state index is 0.403. The average Bonchev–Trinajstić information content (AvgIpc) is 2.52. The van der Waals surface area contributed by atoms with E-state index < -0.39 is 5.97 Å². The van der Waals surface area contributed by atoms with Gasteiger partial charge in [-0.1, -0.05) is 58.3 Å². The summed E-state index contributed by atoms with van der Waals surface area (Å²) in [6, 6.07) is 5.21. The van der Waals surface area contributed by atoms with Gasteiger partial charge in [-0.15, -0.1) is 0 Å². The molecule has 0 bridgehead atoms. The molecule has 1 rings (SSSR count). The van der Waals surface area contributed by atoms with Gasteiger partial charge in [-0.2, -0.15) is 0 Å². The van der Waals surface area contributed by atoms with Gasteiger partial charge < -0.3 is 9.84 Å². The SMILES string of the molecule is CCCCCCCCCCCc1cc(OC)ccc1C(=O)O. The number of rotatable bonds is 12. The van der Waals surface area contributed by atoms with Gasteiger partial charge in [-0.3, -0.25) is 0 Å². The van der Waals surface area contributed by atoms with Gasteiger partial charge >= 0.3 is 5.97 Å². The molecule has 0 radical (unpaired) electrons. The van der Waals surface area contributed by atoms with Gasteiger partial charge in [0.2, 0.25) is 0 Å². The number of carbonyl (C=O) groups is 1. The number of hydrogen-bond donors (Lipinski definition) is 1. The summed E-state index contributed by atoms with van der Waals surface area (Å²) < 4.78 is 5.19. The molecule has 1 aromatic rings. The first-order chi connectivity index (χ1) is 10.7. The number of hydrogen-bond acceptors (Lipinski definition) is 2. The van der Waals surface area contributed by atoms with Gasteiger partial charge in [0, 0.05) is 0 Å². The minimum atomic E-state index is -0.853. The van der Waals surface area contributed by atoms with Crippen molar-refractivity contribution in [3.63, 3.8) is 0 Å². The van der Waals surface area contributed by atoms with Crippen LogP contribution in [0.2, 0.25) is 0 Å². The normalized spacial score (nSPS) is 10.6. The van der Waals surface area contributed by atoms with Gasteiger partial charge in [0.1, 0.15) is 5.75 Å². The molecule has 0 saturated heterocycles. The Morgan fingerprint density at radius 2 is 1.59 bits per heavy atom. The fraction of sp³-hybridized carbons (Fsp3) is 0.632. The topological polar surface area (TPSA) is 46.5 Å². The van der Waals surface area contributed by atoms with E-state index in [2.05, 4.69) is 6.92 Å². The maximum atomic E-state index is 11.2. The van der Waals surface area contributed by atoms with Crippen LogP contribution in [0.4, 0.5) is 0 Å². The van der Waals surface area contributed by atoms with E-state index in [-0.39, 0.29) is 0 Å². The van der Waals surface area contributed by atoms with E-state index in [1.54, 1.807) is 19.2 Å². The van der Waals surface area contributed by atoms with Crippen LogP contribution in [0.1, 0.15) is 80.6 Å². The van der Waals surface area contributed by atoms with Crippen molar-refractivity contribution >= 4 is 5.97 Å². The third-order valence-corrected chi connectivity index (χ3v) is 4.09. The largest absolute Gasteiger partial charge is 0.497 e. The standard InChI is InChI=1S/C19H30O3/c1-3-4-5-6-7-8-9-10-11-12-16-15-17(22-2)13-14-18(16)19(20)21/h13-15H,3-12H2,1-2H3,(H,20,21). The first kappa shape index (κ1) is 18.5. The van der Waals surface area contributed by atoms with Crippen molar-refractivity contribution in [1.29, 1.82) is 0 Å². The summed E-state index contributed by atoms with van der Waals surface area (Å²) >= 11 is 0. The monoisotopic (exact) mass is 306 g/mol. The third kappa shape index (κ3) is 6.97.